The molecule has 2 heterocycles. The van der Waals surface area contributed by atoms with Crippen LogP contribution in [0, 0.1) is 0 Å². The van der Waals surface area contributed by atoms with Crippen LogP contribution in [0.5, 0.6) is 0 Å². The van der Waals surface area contributed by atoms with Crippen LogP contribution in [0.1, 0.15) is 39.5 Å². The maximum Gasteiger partial charge on any atom is 0.137 e. The lowest BCUT2D eigenvalue weighted by Crippen LogP contribution is -2.22. The van der Waals surface area contributed by atoms with Gasteiger partial charge in [-0.1, -0.05) is 26.2 Å². The summed E-state index contributed by atoms with van der Waals surface area (Å²) in [6.45, 7) is 5.21. The van der Waals surface area contributed by atoms with E-state index in [-0.39, 0.29) is 5.60 Å². The van der Waals surface area contributed by atoms with Crippen LogP contribution >= 0.6 is 0 Å². The van der Waals surface area contributed by atoms with Gasteiger partial charge in [0.15, 0.2) is 0 Å². The van der Waals surface area contributed by atoms with E-state index in [1.807, 2.05) is 4.68 Å². The summed E-state index contributed by atoms with van der Waals surface area (Å²) in [5, 5.41) is 4.13. The van der Waals surface area contributed by atoms with Crippen molar-refractivity contribution in [2.24, 2.45) is 0 Å². The Morgan fingerprint density at radius 3 is 2.80 bits per heavy atom. The number of hydrogen-bond acceptors (Lipinski definition) is 3. The SMILES string of the molecule is CCCCCC1(Cn2cncn2)OC1C. The van der Waals surface area contributed by atoms with Crippen molar-refractivity contribution in [3.05, 3.63) is 12.7 Å². The van der Waals surface area contributed by atoms with Gasteiger partial charge in [-0.2, -0.15) is 5.10 Å². The van der Waals surface area contributed by atoms with Crippen molar-refractivity contribution in [3.63, 3.8) is 0 Å². The molecule has 2 rings (SSSR count). The summed E-state index contributed by atoms with van der Waals surface area (Å²) < 4.78 is 7.61. The van der Waals surface area contributed by atoms with Gasteiger partial charge in [0, 0.05) is 0 Å². The Bertz CT molecular complexity index is 299. The van der Waals surface area contributed by atoms with Crippen molar-refractivity contribution in [1.29, 1.82) is 0 Å². The highest BCUT2D eigenvalue weighted by Crippen LogP contribution is 2.42. The van der Waals surface area contributed by atoms with E-state index >= 15 is 0 Å². The number of rotatable bonds is 6. The van der Waals surface area contributed by atoms with Crippen molar-refractivity contribution in [3.8, 4) is 0 Å². The first-order chi connectivity index (χ1) is 7.27. The van der Waals surface area contributed by atoms with Crippen LogP contribution in [0.25, 0.3) is 0 Å². The number of nitrogens with zero attached hydrogens (tertiary/aromatic N) is 3. The highest BCUT2D eigenvalue weighted by atomic mass is 16.6. The van der Waals surface area contributed by atoms with Gasteiger partial charge in [0.2, 0.25) is 0 Å². The predicted octanol–water partition coefficient (Wildman–Crippen LogP) is 2.02. The molecular formula is C11H19N3O. The second-order valence-corrected chi connectivity index (χ2v) is 4.38. The first kappa shape index (κ1) is 10.6. The molecule has 1 aromatic rings. The Balaban J connectivity index is 1.86. The van der Waals surface area contributed by atoms with Crippen molar-refractivity contribution in [2.75, 3.05) is 0 Å². The Hall–Kier alpha value is -0.900. The van der Waals surface area contributed by atoms with Gasteiger partial charge in [-0.15, -0.1) is 0 Å². The number of aromatic nitrogens is 3. The standard InChI is InChI=1S/C11H19N3O/c1-3-4-5-6-11(10(2)15-11)7-14-9-12-8-13-14/h8-10H,3-7H2,1-2H3. The zero-order valence-electron chi connectivity index (χ0n) is 9.52. The number of hydrogen-bond donors (Lipinski definition) is 0. The summed E-state index contributed by atoms with van der Waals surface area (Å²) in [4.78, 5) is 3.95. The van der Waals surface area contributed by atoms with Crippen LogP contribution in [-0.2, 0) is 11.3 Å². The second kappa shape index (κ2) is 4.31. The molecule has 0 aliphatic carbocycles. The fourth-order valence-corrected chi connectivity index (χ4v) is 2.09. The lowest BCUT2D eigenvalue weighted by atomic mass is 9.98. The fourth-order valence-electron chi connectivity index (χ4n) is 2.09. The quantitative estimate of drug-likeness (QED) is 0.531. The van der Waals surface area contributed by atoms with Gasteiger partial charge in [-0.25, -0.2) is 9.67 Å². The number of ether oxygens (including phenoxy) is 1. The van der Waals surface area contributed by atoms with Crippen LogP contribution in [-0.4, -0.2) is 26.5 Å². The normalized spacial score (nSPS) is 29.3. The molecule has 4 heteroatoms. The van der Waals surface area contributed by atoms with Crippen LogP contribution in [0.2, 0.25) is 0 Å². The maximum atomic E-state index is 5.74. The molecule has 15 heavy (non-hydrogen) atoms. The Morgan fingerprint density at radius 1 is 1.47 bits per heavy atom. The molecule has 0 N–H and O–H groups in total. The molecule has 1 aliphatic rings. The third-order valence-electron chi connectivity index (χ3n) is 3.19. The highest BCUT2D eigenvalue weighted by Gasteiger charge is 2.52. The van der Waals surface area contributed by atoms with E-state index in [9.17, 15) is 0 Å². The summed E-state index contributed by atoms with van der Waals surface area (Å²) in [6, 6.07) is 0. The summed E-state index contributed by atoms with van der Waals surface area (Å²) in [5.41, 5.74) is 0.0445. The van der Waals surface area contributed by atoms with Crippen molar-refractivity contribution < 1.29 is 4.74 Å². The smallest absolute Gasteiger partial charge is 0.137 e. The molecule has 1 saturated heterocycles. The van der Waals surface area contributed by atoms with E-state index in [0.717, 1.165) is 13.0 Å². The predicted molar refractivity (Wildman–Crippen MR) is 57.4 cm³/mol. The van der Waals surface area contributed by atoms with E-state index in [0.29, 0.717) is 6.10 Å². The fraction of sp³-hybridized carbons (Fsp3) is 0.818. The average Bonchev–Trinajstić information content (AvgIpc) is 2.66. The minimum atomic E-state index is 0.0445. The lowest BCUT2D eigenvalue weighted by molar-refractivity contribution is 0.243. The molecular weight excluding hydrogens is 190 g/mol. The van der Waals surface area contributed by atoms with Crippen LogP contribution in [0.4, 0.5) is 0 Å². The lowest BCUT2D eigenvalue weighted by Gasteiger charge is -2.11. The largest absolute Gasteiger partial charge is 0.364 e. The summed E-state index contributed by atoms with van der Waals surface area (Å²) in [5.74, 6) is 0. The van der Waals surface area contributed by atoms with Gasteiger partial charge in [0.05, 0.1) is 12.6 Å². The van der Waals surface area contributed by atoms with Crippen LogP contribution in [0.15, 0.2) is 12.7 Å². The monoisotopic (exact) mass is 209 g/mol. The molecule has 0 spiro atoms. The molecule has 0 saturated carbocycles. The molecule has 0 amide bonds. The first-order valence-corrected chi connectivity index (χ1v) is 5.77. The van der Waals surface area contributed by atoms with Crippen molar-refractivity contribution >= 4 is 0 Å². The highest BCUT2D eigenvalue weighted by molar-refractivity contribution is 4.99. The molecule has 84 valence electrons. The van der Waals surface area contributed by atoms with Gasteiger partial charge in [0.1, 0.15) is 18.3 Å². The molecule has 1 aromatic heterocycles. The molecule has 4 nitrogen and oxygen atoms in total. The van der Waals surface area contributed by atoms with Gasteiger partial charge < -0.3 is 4.74 Å². The molecule has 2 atom stereocenters. The minimum absolute atomic E-state index is 0.0445. The molecule has 0 aromatic carbocycles. The number of epoxide rings is 1. The van der Waals surface area contributed by atoms with E-state index < -0.39 is 0 Å². The third-order valence-corrected chi connectivity index (χ3v) is 3.19. The Labute approximate surface area is 90.7 Å². The first-order valence-electron chi connectivity index (χ1n) is 5.77. The van der Waals surface area contributed by atoms with E-state index in [2.05, 4.69) is 23.9 Å². The van der Waals surface area contributed by atoms with Crippen molar-refractivity contribution in [1.82, 2.24) is 14.8 Å². The van der Waals surface area contributed by atoms with Gasteiger partial charge in [-0.3, -0.25) is 0 Å². The summed E-state index contributed by atoms with van der Waals surface area (Å²) >= 11 is 0. The average molecular weight is 209 g/mol. The zero-order chi connectivity index (χ0) is 10.7. The van der Waals surface area contributed by atoms with E-state index in [4.69, 9.17) is 4.74 Å². The molecule has 2 unspecified atom stereocenters. The third kappa shape index (κ3) is 2.37. The van der Waals surface area contributed by atoms with Crippen LogP contribution in [0.3, 0.4) is 0 Å². The molecule has 1 aliphatic heterocycles. The number of unbranched alkanes of at least 4 members (excludes halogenated alkanes) is 2. The van der Waals surface area contributed by atoms with E-state index in [1.165, 1.54) is 19.3 Å². The molecule has 0 bridgehead atoms. The zero-order valence-corrected chi connectivity index (χ0v) is 9.52. The molecule has 0 radical (unpaired) electrons. The van der Waals surface area contributed by atoms with Crippen LogP contribution < -0.4 is 0 Å². The van der Waals surface area contributed by atoms with Gasteiger partial charge in [-0.05, 0) is 13.3 Å². The second-order valence-electron chi connectivity index (χ2n) is 4.38. The minimum Gasteiger partial charge on any atom is -0.364 e. The summed E-state index contributed by atoms with van der Waals surface area (Å²) in [6.07, 6.45) is 8.64. The maximum absolute atomic E-state index is 5.74. The Morgan fingerprint density at radius 2 is 2.27 bits per heavy atom. The van der Waals surface area contributed by atoms with Gasteiger partial charge >= 0.3 is 0 Å². The van der Waals surface area contributed by atoms with Gasteiger partial charge in [0.25, 0.3) is 0 Å². The molecule has 1 fully saturated rings. The topological polar surface area (TPSA) is 43.2 Å². The Kier molecular flexibility index (Phi) is 3.05. The van der Waals surface area contributed by atoms with E-state index in [1.54, 1.807) is 12.7 Å². The summed E-state index contributed by atoms with van der Waals surface area (Å²) in [7, 11) is 0. The van der Waals surface area contributed by atoms with Crippen molar-refractivity contribution in [2.45, 2.75) is 57.8 Å².